The molecule has 1 aliphatic heterocycles. The van der Waals surface area contributed by atoms with Crippen molar-refractivity contribution in [2.45, 2.75) is 31.8 Å². The van der Waals surface area contributed by atoms with Gasteiger partial charge in [0.05, 0.1) is 0 Å². The molecule has 1 heterocycles. The molecule has 2 N–H and O–H groups in total. The van der Waals surface area contributed by atoms with Crippen LogP contribution in [-0.4, -0.2) is 29.6 Å². The van der Waals surface area contributed by atoms with Crippen molar-refractivity contribution in [1.82, 2.24) is 10.2 Å². The number of fused-ring (bicyclic) bond motifs is 1. The zero-order chi connectivity index (χ0) is 23.3. The number of piperidine rings is 1. The minimum atomic E-state index is 0.299. The first-order valence-corrected chi connectivity index (χ1v) is 12.4. The summed E-state index contributed by atoms with van der Waals surface area (Å²) in [5, 5.41) is 16.4. The average molecular weight is 451 g/mol. The van der Waals surface area contributed by atoms with Crippen molar-refractivity contribution in [1.29, 1.82) is 0 Å². The van der Waals surface area contributed by atoms with E-state index in [2.05, 4.69) is 96.0 Å². The highest BCUT2D eigenvalue weighted by Gasteiger charge is 2.30. The Balaban J connectivity index is 1.30. The summed E-state index contributed by atoms with van der Waals surface area (Å²) in [6, 6.07) is 34.2. The predicted molar refractivity (Wildman–Crippen MR) is 141 cm³/mol. The van der Waals surface area contributed by atoms with Crippen LogP contribution in [0.2, 0.25) is 0 Å². The molecule has 0 aromatic heterocycles. The van der Waals surface area contributed by atoms with Crippen LogP contribution in [0.4, 0.5) is 0 Å². The Labute approximate surface area is 203 Å². The summed E-state index contributed by atoms with van der Waals surface area (Å²) >= 11 is 0. The lowest BCUT2D eigenvalue weighted by molar-refractivity contribution is 0.148. The van der Waals surface area contributed by atoms with E-state index < -0.39 is 0 Å². The molecule has 0 saturated carbocycles. The predicted octanol–water partition coefficient (Wildman–Crippen LogP) is 6.50. The van der Waals surface area contributed by atoms with E-state index in [9.17, 15) is 5.11 Å². The Morgan fingerprint density at radius 1 is 0.912 bits per heavy atom. The molecule has 1 saturated heterocycles. The molecule has 174 valence electrons. The highest BCUT2D eigenvalue weighted by atomic mass is 16.3. The maximum absolute atomic E-state index is 9.87. The standard InChI is InChI=1S/C31H34N2O/c1-23(29-16-8-13-25-12-5-6-15-30(25)29)32-20-27-17-18-33(21-24-9-7-14-28(34)19-24)22-31(27)26-10-3-2-4-11-26/h2-16,19,23,27,31-32,34H,17-18,20-22H2,1H3/t23-,27?,31?/m1/s1. The van der Waals surface area contributed by atoms with Crippen LogP contribution in [0.5, 0.6) is 5.75 Å². The molecule has 0 radical (unpaired) electrons. The number of phenols is 1. The molecule has 3 atom stereocenters. The fourth-order valence-corrected chi connectivity index (χ4v) is 5.51. The molecule has 4 aromatic carbocycles. The van der Waals surface area contributed by atoms with Gasteiger partial charge in [0, 0.05) is 25.0 Å². The van der Waals surface area contributed by atoms with Crippen LogP contribution < -0.4 is 5.32 Å². The summed E-state index contributed by atoms with van der Waals surface area (Å²) in [5.74, 6) is 1.42. The van der Waals surface area contributed by atoms with Crippen molar-refractivity contribution in [2.24, 2.45) is 5.92 Å². The molecule has 0 aliphatic carbocycles. The molecule has 0 spiro atoms. The molecule has 0 amide bonds. The number of nitrogens with one attached hydrogen (secondary N) is 1. The molecule has 34 heavy (non-hydrogen) atoms. The molecule has 5 rings (SSSR count). The highest BCUT2D eigenvalue weighted by Crippen LogP contribution is 2.34. The lowest BCUT2D eigenvalue weighted by atomic mass is 9.80. The third-order valence-corrected chi connectivity index (χ3v) is 7.36. The van der Waals surface area contributed by atoms with Gasteiger partial charge < -0.3 is 10.4 Å². The number of aromatic hydroxyl groups is 1. The quantitative estimate of drug-likeness (QED) is 0.337. The van der Waals surface area contributed by atoms with Gasteiger partial charge in [-0.05, 0) is 71.9 Å². The average Bonchev–Trinajstić information content (AvgIpc) is 2.88. The lowest BCUT2D eigenvalue weighted by Gasteiger charge is -2.39. The second-order valence-electron chi connectivity index (χ2n) is 9.67. The third-order valence-electron chi connectivity index (χ3n) is 7.36. The van der Waals surface area contributed by atoms with Crippen LogP contribution in [0, 0.1) is 5.92 Å². The molecular formula is C31H34N2O. The second kappa shape index (κ2) is 10.4. The van der Waals surface area contributed by atoms with E-state index in [4.69, 9.17) is 0 Å². The van der Waals surface area contributed by atoms with Crippen LogP contribution in [0.15, 0.2) is 97.1 Å². The maximum atomic E-state index is 9.87. The van der Waals surface area contributed by atoms with Crippen LogP contribution >= 0.6 is 0 Å². The largest absolute Gasteiger partial charge is 0.508 e. The Bertz CT molecular complexity index is 1220. The van der Waals surface area contributed by atoms with Crippen molar-refractivity contribution in [3.05, 3.63) is 114 Å². The van der Waals surface area contributed by atoms with E-state index in [1.165, 1.54) is 27.5 Å². The van der Waals surface area contributed by atoms with Gasteiger partial charge >= 0.3 is 0 Å². The highest BCUT2D eigenvalue weighted by molar-refractivity contribution is 5.86. The van der Waals surface area contributed by atoms with Crippen molar-refractivity contribution >= 4 is 10.8 Å². The molecular weight excluding hydrogens is 416 g/mol. The van der Waals surface area contributed by atoms with E-state index in [0.29, 0.717) is 23.6 Å². The maximum Gasteiger partial charge on any atom is 0.115 e. The van der Waals surface area contributed by atoms with Gasteiger partial charge in [0.2, 0.25) is 0 Å². The summed E-state index contributed by atoms with van der Waals surface area (Å²) in [6.07, 6.45) is 1.16. The molecule has 0 bridgehead atoms. The molecule has 1 fully saturated rings. The van der Waals surface area contributed by atoms with Crippen molar-refractivity contribution in [3.63, 3.8) is 0 Å². The number of nitrogens with zero attached hydrogens (tertiary/aromatic N) is 1. The Kier molecular flexibility index (Phi) is 6.94. The van der Waals surface area contributed by atoms with Crippen molar-refractivity contribution in [3.8, 4) is 5.75 Å². The van der Waals surface area contributed by atoms with Gasteiger partial charge in [0.1, 0.15) is 5.75 Å². The molecule has 1 aliphatic rings. The fraction of sp³-hybridized carbons (Fsp3) is 0.290. The number of hydrogen-bond donors (Lipinski definition) is 2. The van der Waals surface area contributed by atoms with E-state index in [0.717, 1.165) is 32.6 Å². The van der Waals surface area contributed by atoms with E-state index in [-0.39, 0.29) is 0 Å². The van der Waals surface area contributed by atoms with Gasteiger partial charge in [-0.2, -0.15) is 0 Å². The minimum Gasteiger partial charge on any atom is -0.508 e. The van der Waals surface area contributed by atoms with E-state index >= 15 is 0 Å². The number of benzene rings is 4. The Morgan fingerprint density at radius 2 is 1.68 bits per heavy atom. The van der Waals surface area contributed by atoms with Gasteiger partial charge in [-0.1, -0.05) is 84.9 Å². The Morgan fingerprint density at radius 3 is 2.53 bits per heavy atom. The summed E-state index contributed by atoms with van der Waals surface area (Å²) in [7, 11) is 0. The third kappa shape index (κ3) is 5.16. The number of hydrogen-bond acceptors (Lipinski definition) is 3. The van der Waals surface area contributed by atoms with Crippen LogP contribution in [0.25, 0.3) is 10.8 Å². The fourth-order valence-electron chi connectivity index (χ4n) is 5.51. The first kappa shape index (κ1) is 22.6. The van der Waals surface area contributed by atoms with Gasteiger partial charge in [-0.25, -0.2) is 0 Å². The lowest BCUT2D eigenvalue weighted by Crippen LogP contribution is -2.42. The monoisotopic (exact) mass is 450 g/mol. The topological polar surface area (TPSA) is 35.5 Å². The molecule has 2 unspecified atom stereocenters. The summed E-state index contributed by atoms with van der Waals surface area (Å²) in [5.41, 5.74) is 3.97. The van der Waals surface area contributed by atoms with Gasteiger partial charge in [-0.3, -0.25) is 4.90 Å². The van der Waals surface area contributed by atoms with Crippen molar-refractivity contribution < 1.29 is 5.11 Å². The first-order valence-electron chi connectivity index (χ1n) is 12.4. The molecule has 4 aromatic rings. The van der Waals surface area contributed by atoms with Gasteiger partial charge in [0.25, 0.3) is 0 Å². The number of phenolic OH excluding ortho intramolecular Hbond substituents is 1. The van der Waals surface area contributed by atoms with Crippen LogP contribution in [0.3, 0.4) is 0 Å². The van der Waals surface area contributed by atoms with Crippen LogP contribution in [-0.2, 0) is 6.54 Å². The normalized spacial score (nSPS) is 19.8. The first-order chi connectivity index (χ1) is 16.7. The smallest absolute Gasteiger partial charge is 0.115 e. The van der Waals surface area contributed by atoms with E-state index in [1.54, 1.807) is 6.07 Å². The summed E-state index contributed by atoms with van der Waals surface area (Å²) in [4.78, 5) is 2.54. The van der Waals surface area contributed by atoms with Crippen molar-refractivity contribution in [2.75, 3.05) is 19.6 Å². The summed E-state index contributed by atoms with van der Waals surface area (Å²) in [6.45, 7) is 6.28. The Hall–Kier alpha value is -3.14. The SMILES string of the molecule is C[C@@H](NCC1CCN(Cc2cccc(O)c2)CC1c1ccccc1)c1cccc2ccccc12. The number of rotatable bonds is 7. The van der Waals surface area contributed by atoms with Crippen LogP contribution in [0.1, 0.15) is 42.0 Å². The van der Waals surface area contributed by atoms with Gasteiger partial charge in [0.15, 0.2) is 0 Å². The minimum absolute atomic E-state index is 0.299. The van der Waals surface area contributed by atoms with E-state index in [1.807, 2.05) is 12.1 Å². The second-order valence-corrected chi connectivity index (χ2v) is 9.67. The van der Waals surface area contributed by atoms with Gasteiger partial charge in [-0.15, -0.1) is 0 Å². The molecule has 3 nitrogen and oxygen atoms in total. The zero-order valence-corrected chi connectivity index (χ0v) is 19.9. The molecule has 3 heteroatoms. The number of likely N-dealkylation sites (tertiary alicyclic amines) is 1. The summed E-state index contributed by atoms with van der Waals surface area (Å²) < 4.78 is 0. The zero-order valence-electron chi connectivity index (χ0n) is 19.9.